The lowest BCUT2D eigenvalue weighted by Crippen LogP contribution is -2.29. The monoisotopic (exact) mass is 768 g/mol. The van der Waals surface area contributed by atoms with Crippen LogP contribution in [0.15, 0.2) is 156 Å². The van der Waals surface area contributed by atoms with Crippen LogP contribution in [0.1, 0.15) is 0 Å². The quantitative estimate of drug-likeness (QED) is 0.172. The van der Waals surface area contributed by atoms with Gasteiger partial charge < -0.3 is 18.9 Å². The Morgan fingerprint density at radius 1 is 0.409 bits per heavy atom. The Bertz CT molecular complexity index is 2140. The van der Waals surface area contributed by atoms with Crippen LogP contribution in [-0.4, -0.2) is 17.2 Å². The summed E-state index contributed by atoms with van der Waals surface area (Å²) >= 11 is 10.5. The van der Waals surface area contributed by atoms with Crippen molar-refractivity contribution in [3.05, 3.63) is 147 Å². The van der Waals surface area contributed by atoms with Crippen LogP contribution in [0.3, 0.4) is 0 Å². The molecule has 0 aliphatic heterocycles. The van der Waals surface area contributed by atoms with E-state index in [1.165, 1.54) is 5.56 Å². The molecule has 44 heavy (non-hydrogen) atoms. The molecule has 8 rings (SSSR count). The van der Waals surface area contributed by atoms with Gasteiger partial charge in [0.25, 0.3) is 0 Å². The van der Waals surface area contributed by atoms with Gasteiger partial charge in [-0.15, -0.1) is 0 Å². The SMILES string of the molecule is Brc1cccc2c1oc1c(-c3ccccc3)cccc12.Brc1cccc2c1oc1c(Br)cccc12.OB(O)c1ccccc1. The van der Waals surface area contributed by atoms with E-state index in [9.17, 15) is 0 Å². The number of rotatable bonds is 2. The zero-order valence-electron chi connectivity index (χ0n) is 23.1. The highest BCUT2D eigenvalue weighted by Crippen LogP contribution is 2.38. The Balaban J connectivity index is 0.000000126. The maximum absolute atomic E-state index is 8.58. The van der Waals surface area contributed by atoms with E-state index in [1.807, 2.05) is 60.7 Å². The first-order chi connectivity index (χ1) is 21.4. The van der Waals surface area contributed by atoms with Crippen molar-refractivity contribution >= 4 is 104 Å². The third kappa shape index (κ3) is 6.27. The molecule has 8 heteroatoms. The van der Waals surface area contributed by atoms with Gasteiger partial charge in [-0.25, -0.2) is 0 Å². The minimum absolute atomic E-state index is 0.525. The lowest BCUT2D eigenvalue weighted by Gasteiger charge is -2.01. The molecule has 0 aliphatic carbocycles. The van der Waals surface area contributed by atoms with Crippen molar-refractivity contribution in [3.63, 3.8) is 0 Å². The number of para-hydroxylation sites is 4. The molecule has 0 saturated carbocycles. The molecule has 0 unspecified atom stereocenters. The first-order valence-electron chi connectivity index (χ1n) is 13.7. The van der Waals surface area contributed by atoms with Crippen LogP contribution in [0.2, 0.25) is 0 Å². The van der Waals surface area contributed by atoms with Crippen molar-refractivity contribution in [2.24, 2.45) is 0 Å². The van der Waals surface area contributed by atoms with E-state index >= 15 is 0 Å². The molecule has 4 nitrogen and oxygen atoms in total. The Labute approximate surface area is 279 Å². The van der Waals surface area contributed by atoms with Crippen molar-refractivity contribution in [2.75, 3.05) is 0 Å². The van der Waals surface area contributed by atoms with Crippen molar-refractivity contribution in [1.29, 1.82) is 0 Å². The average molecular weight is 771 g/mol. The maximum atomic E-state index is 8.58. The third-order valence-corrected chi connectivity index (χ3v) is 8.96. The van der Waals surface area contributed by atoms with Gasteiger partial charge in [-0.2, -0.15) is 0 Å². The molecule has 0 aliphatic rings. The molecule has 0 amide bonds. The molecule has 0 atom stereocenters. The topological polar surface area (TPSA) is 66.7 Å². The summed E-state index contributed by atoms with van der Waals surface area (Å²) in [5, 5.41) is 21.7. The number of hydrogen-bond acceptors (Lipinski definition) is 4. The molecule has 6 aromatic carbocycles. The molecule has 0 saturated heterocycles. The second-order valence-electron chi connectivity index (χ2n) is 9.89. The highest BCUT2D eigenvalue weighted by Gasteiger charge is 2.13. The van der Waals surface area contributed by atoms with Crippen molar-refractivity contribution < 1.29 is 18.9 Å². The number of hydrogen-bond donors (Lipinski definition) is 2. The van der Waals surface area contributed by atoms with Crippen LogP contribution < -0.4 is 5.46 Å². The van der Waals surface area contributed by atoms with Gasteiger partial charge in [-0.05, 0) is 77.0 Å². The van der Waals surface area contributed by atoms with Crippen molar-refractivity contribution in [1.82, 2.24) is 0 Å². The van der Waals surface area contributed by atoms with E-state index in [1.54, 1.807) is 24.3 Å². The summed E-state index contributed by atoms with van der Waals surface area (Å²) in [7, 11) is -1.34. The first-order valence-corrected chi connectivity index (χ1v) is 16.1. The zero-order valence-corrected chi connectivity index (χ0v) is 27.9. The molecule has 0 radical (unpaired) electrons. The van der Waals surface area contributed by atoms with E-state index in [0.717, 1.165) is 62.9 Å². The van der Waals surface area contributed by atoms with E-state index < -0.39 is 7.12 Å². The van der Waals surface area contributed by atoms with E-state index in [0.29, 0.717) is 5.46 Å². The minimum Gasteiger partial charge on any atom is -0.454 e. The summed E-state index contributed by atoms with van der Waals surface area (Å²) < 4.78 is 14.9. The molecular formula is C36H24BBr3O4. The van der Waals surface area contributed by atoms with Gasteiger partial charge in [0.1, 0.15) is 22.3 Å². The number of halogens is 3. The van der Waals surface area contributed by atoms with E-state index in [4.69, 9.17) is 18.9 Å². The molecule has 0 fully saturated rings. The predicted octanol–water partition coefficient (Wildman–Crippen LogP) is 10.5. The van der Waals surface area contributed by atoms with E-state index in [-0.39, 0.29) is 0 Å². The Morgan fingerprint density at radius 3 is 1.23 bits per heavy atom. The van der Waals surface area contributed by atoms with E-state index in [2.05, 4.69) is 96.3 Å². The lowest BCUT2D eigenvalue weighted by molar-refractivity contribution is 0.426. The van der Waals surface area contributed by atoms with Crippen LogP contribution in [0.5, 0.6) is 0 Å². The molecule has 216 valence electrons. The minimum atomic E-state index is -1.34. The third-order valence-electron chi connectivity index (χ3n) is 7.09. The second-order valence-corrected chi connectivity index (χ2v) is 12.4. The fourth-order valence-electron chi connectivity index (χ4n) is 5.01. The number of fused-ring (bicyclic) bond motifs is 6. The Morgan fingerprint density at radius 2 is 0.795 bits per heavy atom. The van der Waals surface area contributed by atoms with Gasteiger partial charge >= 0.3 is 7.12 Å². The summed E-state index contributed by atoms with van der Waals surface area (Å²) in [5.41, 5.74) is 6.49. The second kappa shape index (κ2) is 13.5. The first kappa shape index (κ1) is 30.4. The molecular weight excluding hydrogens is 747 g/mol. The highest BCUT2D eigenvalue weighted by atomic mass is 79.9. The standard InChI is InChI=1S/C18H11BrO.C12H6Br2O.C6H7BO2/c19-16-11-5-10-15-14-9-4-8-13(17(14)20-18(15)16)12-6-2-1-3-7-12;13-9-5-1-3-7-8-4-2-6-10(14)12(8)15-11(7)9;8-7(9)6-4-2-1-3-5-6/h1-11H;1-6H;1-5,8-9H. The summed E-state index contributed by atoms with van der Waals surface area (Å²) in [6.45, 7) is 0. The summed E-state index contributed by atoms with van der Waals surface area (Å²) in [5.74, 6) is 0. The molecule has 2 N–H and O–H groups in total. The highest BCUT2D eigenvalue weighted by molar-refractivity contribution is 9.11. The van der Waals surface area contributed by atoms with Gasteiger partial charge in [0.2, 0.25) is 0 Å². The molecule has 8 aromatic rings. The zero-order chi connectivity index (χ0) is 30.6. The molecule has 0 spiro atoms. The van der Waals surface area contributed by atoms with Gasteiger partial charge in [-0.1, -0.05) is 115 Å². The van der Waals surface area contributed by atoms with Gasteiger partial charge in [0, 0.05) is 27.1 Å². The Hall–Kier alpha value is -3.66. The summed E-state index contributed by atoms with van der Waals surface area (Å²) in [6.07, 6.45) is 0. The van der Waals surface area contributed by atoms with Crippen molar-refractivity contribution in [2.45, 2.75) is 0 Å². The van der Waals surface area contributed by atoms with Crippen LogP contribution in [0.25, 0.3) is 55.0 Å². The molecule has 2 heterocycles. The van der Waals surface area contributed by atoms with Crippen LogP contribution in [-0.2, 0) is 0 Å². The maximum Gasteiger partial charge on any atom is 0.488 e. The summed E-state index contributed by atoms with van der Waals surface area (Å²) in [4.78, 5) is 0. The fourth-order valence-corrected chi connectivity index (χ4v) is 6.35. The lowest BCUT2D eigenvalue weighted by atomic mass is 9.81. The smallest absolute Gasteiger partial charge is 0.454 e. The molecule has 0 bridgehead atoms. The number of furan rings is 2. The predicted molar refractivity (Wildman–Crippen MR) is 192 cm³/mol. The van der Waals surface area contributed by atoms with Crippen molar-refractivity contribution in [3.8, 4) is 11.1 Å². The van der Waals surface area contributed by atoms with Crippen LogP contribution in [0.4, 0.5) is 0 Å². The summed E-state index contributed by atoms with van der Waals surface area (Å²) in [6, 6.07) is 43.6. The van der Waals surface area contributed by atoms with Gasteiger partial charge in [0.15, 0.2) is 0 Å². The Kier molecular flexibility index (Phi) is 9.35. The molecule has 2 aromatic heterocycles. The fraction of sp³-hybridized carbons (Fsp3) is 0. The average Bonchev–Trinajstić information content (AvgIpc) is 3.64. The van der Waals surface area contributed by atoms with Gasteiger partial charge in [-0.3, -0.25) is 0 Å². The largest absolute Gasteiger partial charge is 0.488 e. The van der Waals surface area contributed by atoms with Crippen LogP contribution >= 0.6 is 47.8 Å². The number of benzene rings is 6. The normalized spacial score (nSPS) is 10.8. The van der Waals surface area contributed by atoms with Crippen LogP contribution in [0, 0.1) is 0 Å². The van der Waals surface area contributed by atoms with Gasteiger partial charge in [0.05, 0.1) is 13.4 Å².